The molecule has 0 radical (unpaired) electrons. The summed E-state index contributed by atoms with van der Waals surface area (Å²) in [5.41, 5.74) is 1.23. The van der Waals surface area contributed by atoms with Crippen LogP contribution in [0.4, 0.5) is 0 Å². The van der Waals surface area contributed by atoms with E-state index in [1.54, 1.807) is 0 Å². The van der Waals surface area contributed by atoms with Gasteiger partial charge in [0.1, 0.15) is 0 Å². The average Bonchev–Trinajstić information content (AvgIpc) is 2.14. The zero-order valence-electron chi connectivity index (χ0n) is 7.94. The van der Waals surface area contributed by atoms with Gasteiger partial charge in [-0.15, -0.1) is 0 Å². The predicted octanol–water partition coefficient (Wildman–Crippen LogP) is 2.91. The first kappa shape index (κ1) is 10.6. The SMILES string of the molecule is CC(S)CCOCc1ccccc1. The van der Waals surface area contributed by atoms with Crippen LogP contribution in [0.1, 0.15) is 18.9 Å². The Balaban J connectivity index is 2.13. The highest BCUT2D eigenvalue weighted by Gasteiger charge is 1.95. The molecule has 1 atom stereocenters. The summed E-state index contributed by atoms with van der Waals surface area (Å²) in [4.78, 5) is 0. The summed E-state index contributed by atoms with van der Waals surface area (Å²) >= 11 is 4.28. The highest BCUT2D eigenvalue weighted by molar-refractivity contribution is 7.80. The van der Waals surface area contributed by atoms with E-state index in [0.717, 1.165) is 13.0 Å². The standard InChI is InChI=1S/C11H16OS/c1-10(13)7-8-12-9-11-5-3-2-4-6-11/h2-6,10,13H,7-9H2,1H3. The Morgan fingerprint density at radius 2 is 2.00 bits per heavy atom. The van der Waals surface area contributed by atoms with Gasteiger partial charge in [-0.05, 0) is 12.0 Å². The Kier molecular flexibility index (Phi) is 4.94. The van der Waals surface area contributed by atoms with Gasteiger partial charge < -0.3 is 4.74 Å². The first-order valence-corrected chi connectivity index (χ1v) is 5.10. The molecule has 72 valence electrons. The van der Waals surface area contributed by atoms with Crippen molar-refractivity contribution in [1.29, 1.82) is 0 Å². The zero-order chi connectivity index (χ0) is 9.52. The number of rotatable bonds is 5. The lowest BCUT2D eigenvalue weighted by Gasteiger charge is -2.05. The summed E-state index contributed by atoms with van der Waals surface area (Å²) in [6.45, 7) is 3.58. The summed E-state index contributed by atoms with van der Waals surface area (Å²) in [6, 6.07) is 10.2. The van der Waals surface area contributed by atoms with E-state index in [9.17, 15) is 0 Å². The van der Waals surface area contributed by atoms with Crippen LogP contribution in [0.15, 0.2) is 30.3 Å². The van der Waals surface area contributed by atoms with E-state index in [1.165, 1.54) is 5.56 Å². The second kappa shape index (κ2) is 6.06. The van der Waals surface area contributed by atoms with E-state index < -0.39 is 0 Å². The first-order valence-electron chi connectivity index (χ1n) is 4.59. The minimum atomic E-state index is 0.427. The maximum absolute atomic E-state index is 5.48. The molecule has 0 fully saturated rings. The lowest BCUT2D eigenvalue weighted by atomic mass is 10.2. The maximum Gasteiger partial charge on any atom is 0.0716 e. The van der Waals surface area contributed by atoms with Gasteiger partial charge >= 0.3 is 0 Å². The number of hydrogen-bond donors (Lipinski definition) is 1. The number of thiol groups is 1. The molecule has 0 amide bonds. The summed E-state index contributed by atoms with van der Waals surface area (Å²) in [5.74, 6) is 0. The Morgan fingerprint density at radius 3 is 2.62 bits per heavy atom. The van der Waals surface area contributed by atoms with Gasteiger partial charge in [-0.25, -0.2) is 0 Å². The number of hydrogen-bond acceptors (Lipinski definition) is 2. The fourth-order valence-corrected chi connectivity index (χ4v) is 1.12. The van der Waals surface area contributed by atoms with Gasteiger partial charge in [-0.2, -0.15) is 12.6 Å². The van der Waals surface area contributed by atoms with Crippen molar-refractivity contribution in [1.82, 2.24) is 0 Å². The Labute approximate surface area is 85.5 Å². The van der Waals surface area contributed by atoms with Gasteiger partial charge in [-0.1, -0.05) is 37.3 Å². The van der Waals surface area contributed by atoms with E-state index in [1.807, 2.05) is 18.2 Å². The van der Waals surface area contributed by atoms with Crippen LogP contribution in [0.5, 0.6) is 0 Å². The van der Waals surface area contributed by atoms with Crippen molar-refractivity contribution >= 4 is 12.6 Å². The molecular weight excluding hydrogens is 180 g/mol. The maximum atomic E-state index is 5.48. The lowest BCUT2D eigenvalue weighted by molar-refractivity contribution is 0.119. The van der Waals surface area contributed by atoms with Crippen LogP contribution < -0.4 is 0 Å². The van der Waals surface area contributed by atoms with Gasteiger partial charge in [0.15, 0.2) is 0 Å². The Bertz CT molecular complexity index is 221. The fraction of sp³-hybridized carbons (Fsp3) is 0.455. The van der Waals surface area contributed by atoms with Gasteiger partial charge in [0.05, 0.1) is 6.61 Å². The molecule has 13 heavy (non-hydrogen) atoms. The molecule has 0 aromatic heterocycles. The molecule has 0 aliphatic carbocycles. The van der Waals surface area contributed by atoms with E-state index in [0.29, 0.717) is 11.9 Å². The Hall–Kier alpha value is -0.470. The van der Waals surface area contributed by atoms with E-state index >= 15 is 0 Å². The van der Waals surface area contributed by atoms with Crippen molar-refractivity contribution in [3.63, 3.8) is 0 Å². The quantitative estimate of drug-likeness (QED) is 0.563. The number of benzene rings is 1. The summed E-state index contributed by atoms with van der Waals surface area (Å²) in [7, 11) is 0. The molecule has 0 saturated heterocycles. The largest absolute Gasteiger partial charge is 0.377 e. The van der Waals surface area contributed by atoms with Gasteiger partial charge in [0.2, 0.25) is 0 Å². The molecule has 1 unspecified atom stereocenters. The van der Waals surface area contributed by atoms with E-state index in [2.05, 4.69) is 31.7 Å². The molecule has 0 N–H and O–H groups in total. The van der Waals surface area contributed by atoms with Crippen molar-refractivity contribution in [2.45, 2.75) is 25.2 Å². The van der Waals surface area contributed by atoms with E-state index in [4.69, 9.17) is 4.74 Å². The topological polar surface area (TPSA) is 9.23 Å². The van der Waals surface area contributed by atoms with Crippen molar-refractivity contribution in [2.75, 3.05) is 6.61 Å². The molecule has 0 spiro atoms. The molecule has 0 heterocycles. The van der Waals surface area contributed by atoms with Crippen LogP contribution in [-0.4, -0.2) is 11.9 Å². The first-order chi connectivity index (χ1) is 6.29. The molecule has 0 aliphatic rings. The monoisotopic (exact) mass is 196 g/mol. The van der Waals surface area contributed by atoms with Crippen molar-refractivity contribution < 1.29 is 4.74 Å². The zero-order valence-corrected chi connectivity index (χ0v) is 8.84. The summed E-state index contributed by atoms with van der Waals surface area (Å²) in [6.07, 6.45) is 1.01. The van der Waals surface area contributed by atoms with Crippen LogP contribution >= 0.6 is 12.6 Å². The van der Waals surface area contributed by atoms with Crippen LogP contribution in [0.25, 0.3) is 0 Å². The summed E-state index contributed by atoms with van der Waals surface area (Å²) < 4.78 is 5.48. The van der Waals surface area contributed by atoms with Crippen LogP contribution in [-0.2, 0) is 11.3 Å². The lowest BCUT2D eigenvalue weighted by Crippen LogP contribution is -2.00. The number of ether oxygens (including phenoxy) is 1. The van der Waals surface area contributed by atoms with Crippen LogP contribution in [0.2, 0.25) is 0 Å². The molecule has 0 saturated carbocycles. The molecule has 1 rings (SSSR count). The third-order valence-electron chi connectivity index (χ3n) is 1.79. The van der Waals surface area contributed by atoms with E-state index in [-0.39, 0.29) is 0 Å². The fourth-order valence-electron chi connectivity index (χ4n) is 1.02. The second-order valence-electron chi connectivity index (χ2n) is 3.18. The highest BCUT2D eigenvalue weighted by Crippen LogP contribution is 2.03. The average molecular weight is 196 g/mol. The highest BCUT2D eigenvalue weighted by atomic mass is 32.1. The molecule has 1 aromatic carbocycles. The molecule has 2 heteroatoms. The van der Waals surface area contributed by atoms with Gasteiger partial charge in [-0.3, -0.25) is 0 Å². The molecule has 0 aliphatic heterocycles. The third kappa shape index (κ3) is 4.96. The third-order valence-corrected chi connectivity index (χ3v) is 2.05. The normalized spacial score (nSPS) is 12.8. The summed E-state index contributed by atoms with van der Waals surface area (Å²) in [5, 5.41) is 0.427. The molecule has 0 bridgehead atoms. The Morgan fingerprint density at radius 1 is 1.31 bits per heavy atom. The van der Waals surface area contributed by atoms with Crippen LogP contribution in [0.3, 0.4) is 0 Å². The minimum absolute atomic E-state index is 0.427. The minimum Gasteiger partial charge on any atom is -0.377 e. The van der Waals surface area contributed by atoms with Crippen molar-refractivity contribution in [3.8, 4) is 0 Å². The predicted molar refractivity (Wildman–Crippen MR) is 59.2 cm³/mol. The smallest absolute Gasteiger partial charge is 0.0716 e. The van der Waals surface area contributed by atoms with Crippen molar-refractivity contribution in [2.24, 2.45) is 0 Å². The van der Waals surface area contributed by atoms with Gasteiger partial charge in [0, 0.05) is 11.9 Å². The molecular formula is C11H16OS. The molecule has 1 nitrogen and oxygen atoms in total. The molecule has 1 aromatic rings. The van der Waals surface area contributed by atoms with Crippen LogP contribution in [0, 0.1) is 0 Å². The second-order valence-corrected chi connectivity index (χ2v) is 4.06. The van der Waals surface area contributed by atoms with Gasteiger partial charge in [0.25, 0.3) is 0 Å². The van der Waals surface area contributed by atoms with Crippen molar-refractivity contribution in [3.05, 3.63) is 35.9 Å².